The van der Waals surface area contributed by atoms with Gasteiger partial charge in [0.15, 0.2) is 0 Å². The first-order chi connectivity index (χ1) is 10.9. The molecule has 0 aliphatic carbocycles. The second kappa shape index (κ2) is 15.3. The van der Waals surface area contributed by atoms with Crippen molar-refractivity contribution in [2.75, 3.05) is 19.3 Å². The van der Waals surface area contributed by atoms with E-state index in [1.165, 1.54) is 69.9 Å². The molecule has 0 spiro atoms. The molecule has 1 aromatic carbocycles. The Bertz CT molecular complexity index is 329. The Labute approximate surface area is 140 Å². The summed E-state index contributed by atoms with van der Waals surface area (Å²) in [5, 5.41) is 5.75. The maximum Gasteiger partial charge on any atom is 0.101 e. The number of hydrogen-bond acceptors (Lipinski definition) is 1. The zero-order chi connectivity index (χ0) is 15.7. The van der Waals surface area contributed by atoms with Crippen LogP contribution in [0.2, 0.25) is 0 Å². The normalized spacial score (nSPS) is 11.0. The van der Waals surface area contributed by atoms with Crippen LogP contribution in [0.5, 0.6) is 0 Å². The van der Waals surface area contributed by atoms with Crippen LogP contribution in [0, 0.1) is 0 Å². The molecule has 0 saturated heterocycles. The molecular formula is C19H34N2Si+. The van der Waals surface area contributed by atoms with Gasteiger partial charge in [-0.05, 0) is 32.0 Å². The fraction of sp³-hybridized carbons (Fsp3) is 0.684. The maximum absolute atomic E-state index is 3.43. The summed E-state index contributed by atoms with van der Waals surface area (Å²) in [7, 11) is 3.43. The molecule has 0 aromatic heterocycles. The Morgan fingerprint density at radius 3 is 2.00 bits per heavy atom. The Morgan fingerprint density at radius 1 is 0.773 bits per heavy atom. The lowest BCUT2D eigenvalue weighted by Crippen LogP contribution is -2.82. The Balaban J connectivity index is 1.73. The molecule has 1 aromatic rings. The van der Waals surface area contributed by atoms with E-state index in [0.29, 0.717) is 0 Å². The third-order valence-electron chi connectivity index (χ3n) is 4.11. The predicted octanol–water partition coefficient (Wildman–Crippen LogP) is 2.98. The molecule has 3 radical (unpaired) electrons. The first-order valence-corrected chi connectivity index (χ1v) is 9.85. The van der Waals surface area contributed by atoms with E-state index in [2.05, 4.69) is 51.2 Å². The third kappa shape index (κ3) is 12.0. The number of unbranched alkanes of at least 4 members (excludes halogenated alkanes) is 8. The third-order valence-corrected chi connectivity index (χ3v) is 4.36. The summed E-state index contributed by atoms with van der Waals surface area (Å²) in [4.78, 5) is 0. The monoisotopic (exact) mass is 318 g/mol. The van der Waals surface area contributed by atoms with Gasteiger partial charge in [-0.1, -0.05) is 68.9 Å². The smallest absolute Gasteiger partial charge is 0.101 e. The zero-order valence-corrected chi connectivity index (χ0v) is 15.2. The SMILES string of the molecule is [Si]CNCCCCCCCCCCC[NH2+]Cc1ccccc1. The molecule has 3 heteroatoms. The number of nitrogens with one attached hydrogen (secondary N) is 1. The van der Waals surface area contributed by atoms with Gasteiger partial charge in [-0.2, -0.15) is 0 Å². The topological polar surface area (TPSA) is 28.6 Å². The summed E-state index contributed by atoms with van der Waals surface area (Å²) in [5.74, 6) is 0. The van der Waals surface area contributed by atoms with Crippen LogP contribution in [0.25, 0.3) is 0 Å². The van der Waals surface area contributed by atoms with Crippen LogP contribution in [-0.4, -0.2) is 29.5 Å². The fourth-order valence-electron chi connectivity index (χ4n) is 2.75. The average Bonchev–Trinajstić information content (AvgIpc) is 2.56. The van der Waals surface area contributed by atoms with Gasteiger partial charge in [-0.25, -0.2) is 0 Å². The van der Waals surface area contributed by atoms with Gasteiger partial charge in [0.2, 0.25) is 0 Å². The summed E-state index contributed by atoms with van der Waals surface area (Å²) in [5.41, 5.74) is 1.44. The van der Waals surface area contributed by atoms with E-state index in [4.69, 9.17) is 0 Å². The Hall–Kier alpha value is -0.643. The minimum atomic E-state index is 0.919. The highest BCUT2D eigenvalue weighted by Gasteiger charge is 1.96. The van der Waals surface area contributed by atoms with Crippen LogP contribution in [-0.2, 0) is 6.54 Å². The summed E-state index contributed by atoms with van der Waals surface area (Å²) >= 11 is 0. The highest BCUT2D eigenvalue weighted by molar-refractivity contribution is 6.08. The van der Waals surface area contributed by atoms with E-state index >= 15 is 0 Å². The summed E-state index contributed by atoms with van der Waals surface area (Å²) in [6.45, 7) is 3.56. The standard InChI is InChI=1S/C19H33N2Si/c22-18-21-16-12-7-5-3-1-2-4-6-11-15-20-17-19-13-9-8-10-14-19/h8-10,13-14,20-21H,1-7,11-12,15-18H2/p+1. The molecule has 0 aliphatic rings. The van der Waals surface area contributed by atoms with Crippen LogP contribution >= 0.6 is 0 Å². The van der Waals surface area contributed by atoms with Gasteiger partial charge in [0, 0.05) is 15.8 Å². The van der Waals surface area contributed by atoms with Crippen molar-refractivity contribution in [3.63, 3.8) is 0 Å². The number of nitrogens with two attached hydrogens (primary N) is 1. The Kier molecular flexibility index (Phi) is 13.5. The van der Waals surface area contributed by atoms with Gasteiger partial charge < -0.3 is 10.6 Å². The number of quaternary nitrogens is 1. The first-order valence-electron chi connectivity index (χ1n) is 9.14. The molecule has 0 unspecified atom stereocenters. The molecule has 123 valence electrons. The van der Waals surface area contributed by atoms with E-state index in [-0.39, 0.29) is 0 Å². The summed E-state index contributed by atoms with van der Waals surface area (Å²) < 4.78 is 0. The first kappa shape index (κ1) is 19.4. The fourth-order valence-corrected chi connectivity index (χ4v) is 2.92. The van der Waals surface area contributed by atoms with Crippen LogP contribution in [0.1, 0.15) is 63.4 Å². The maximum atomic E-state index is 3.43. The van der Waals surface area contributed by atoms with Gasteiger partial charge in [-0.3, -0.25) is 0 Å². The van der Waals surface area contributed by atoms with Gasteiger partial charge in [0.05, 0.1) is 6.54 Å². The molecular weight excluding hydrogens is 284 g/mol. The van der Waals surface area contributed by atoms with Crippen molar-refractivity contribution in [1.82, 2.24) is 5.32 Å². The van der Waals surface area contributed by atoms with Crippen molar-refractivity contribution < 1.29 is 5.32 Å². The molecule has 0 atom stereocenters. The van der Waals surface area contributed by atoms with E-state index in [9.17, 15) is 0 Å². The van der Waals surface area contributed by atoms with Gasteiger partial charge in [0.1, 0.15) is 6.54 Å². The van der Waals surface area contributed by atoms with E-state index in [1.807, 2.05) is 0 Å². The molecule has 0 aliphatic heterocycles. The Morgan fingerprint density at radius 2 is 1.36 bits per heavy atom. The molecule has 0 bridgehead atoms. The van der Waals surface area contributed by atoms with Crippen molar-refractivity contribution >= 4 is 10.2 Å². The van der Waals surface area contributed by atoms with Gasteiger partial charge in [-0.15, -0.1) is 0 Å². The van der Waals surface area contributed by atoms with Crippen molar-refractivity contribution in [1.29, 1.82) is 0 Å². The summed E-state index contributed by atoms with van der Waals surface area (Å²) in [6, 6.07) is 10.8. The molecule has 22 heavy (non-hydrogen) atoms. The minimum Gasteiger partial charge on any atom is -0.343 e. The molecule has 1 rings (SSSR count). The van der Waals surface area contributed by atoms with E-state index < -0.39 is 0 Å². The second-order valence-corrected chi connectivity index (χ2v) is 6.48. The lowest BCUT2D eigenvalue weighted by Gasteiger charge is -2.04. The molecule has 0 amide bonds. The number of benzene rings is 1. The zero-order valence-electron chi connectivity index (χ0n) is 14.2. The minimum absolute atomic E-state index is 0.919. The molecule has 0 saturated carbocycles. The van der Waals surface area contributed by atoms with Crippen molar-refractivity contribution in [3.05, 3.63) is 35.9 Å². The van der Waals surface area contributed by atoms with Crippen molar-refractivity contribution in [3.8, 4) is 0 Å². The van der Waals surface area contributed by atoms with Crippen LogP contribution in [0.3, 0.4) is 0 Å². The van der Waals surface area contributed by atoms with E-state index in [0.717, 1.165) is 19.3 Å². The molecule has 3 N–H and O–H groups in total. The summed E-state index contributed by atoms with van der Waals surface area (Å²) in [6.07, 6.45) is 13.5. The number of hydrogen-bond donors (Lipinski definition) is 2. The van der Waals surface area contributed by atoms with Crippen molar-refractivity contribution in [2.24, 2.45) is 0 Å². The highest BCUT2D eigenvalue weighted by atomic mass is 28.1. The predicted molar refractivity (Wildman–Crippen MR) is 97.1 cm³/mol. The van der Waals surface area contributed by atoms with E-state index in [1.54, 1.807) is 0 Å². The van der Waals surface area contributed by atoms with Gasteiger partial charge in [0.25, 0.3) is 0 Å². The lowest BCUT2D eigenvalue weighted by atomic mass is 10.1. The van der Waals surface area contributed by atoms with Crippen LogP contribution in [0.15, 0.2) is 30.3 Å². The lowest BCUT2D eigenvalue weighted by molar-refractivity contribution is -0.671. The molecule has 0 heterocycles. The van der Waals surface area contributed by atoms with Crippen molar-refractivity contribution in [2.45, 2.75) is 64.3 Å². The van der Waals surface area contributed by atoms with Gasteiger partial charge >= 0.3 is 0 Å². The molecule has 2 nitrogen and oxygen atoms in total. The van der Waals surface area contributed by atoms with Crippen LogP contribution < -0.4 is 10.6 Å². The molecule has 0 fully saturated rings. The highest BCUT2D eigenvalue weighted by Crippen LogP contribution is 2.09. The quantitative estimate of drug-likeness (QED) is 0.378. The second-order valence-electron chi connectivity index (χ2n) is 6.13. The average molecular weight is 319 g/mol. The number of rotatable bonds is 15. The largest absolute Gasteiger partial charge is 0.343 e. The van der Waals surface area contributed by atoms with Crippen LogP contribution in [0.4, 0.5) is 0 Å².